The Morgan fingerprint density at radius 2 is 1.69 bits per heavy atom. The highest BCUT2D eigenvalue weighted by molar-refractivity contribution is 6.33. The molecule has 3 rings (SSSR count). The molecule has 36 heavy (non-hydrogen) atoms. The highest BCUT2D eigenvalue weighted by Crippen LogP contribution is 2.29. The van der Waals surface area contributed by atoms with Gasteiger partial charge in [0.05, 0.1) is 23.4 Å². The molecule has 7 nitrogen and oxygen atoms in total. The van der Waals surface area contributed by atoms with E-state index in [1.54, 1.807) is 36.4 Å². The average Bonchev–Trinajstić information content (AvgIpc) is 2.87. The number of rotatable bonds is 11. The maximum atomic E-state index is 12.8. The molecule has 1 unspecified atom stereocenters. The van der Waals surface area contributed by atoms with E-state index in [4.69, 9.17) is 21.1 Å². The SMILES string of the molecule is CCOc1cc(C=NNC(=O)C(NC(=O)c2ccccc2Cl)C(C)C)ccc1OCc1ccccc1. The Hall–Kier alpha value is -3.84. The van der Waals surface area contributed by atoms with Crippen molar-refractivity contribution in [2.45, 2.75) is 33.4 Å². The van der Waals surface area contributed by atoms with Gasteiger partial charge in [0, 0.05) is 0 Å². The van der Waals surface area contributed by atoms with Gasteiger partial charge in [0.25, 0.3) is 11.8 Å². The number of carbonyl (C=O) groups is 2. The van der Waals surface area contributed by atoms with Gasteiger partial charge in [-0.25, -0.2) is 5.43 Å². The van der Waals surface area contributed by atoms with Crippen molar-refractivity contribution in [3.8, 4) is 11.5 Å². The van der Waals surface area contributed by atoms with Crippen molar-refractivity contribution < 1.29 is 19.1 Å². The Morgan fingerprint density at radius 1 is 0.972 bits per heavy atom. The molecule has 0 aliphatic heterocycles. The average molecular weight is 508 g/mol. The number of carbonyl (C=O) groups excluding carboxylic acids is 2. The molecule has 8 heteroatoms. The van der Waals surface area contributed by atoms with Gasteiger partial charge < -0.3 is 14.8 Å². The first kappa shape index (κ1) is 26.8. The second-order valence-corrected chi connectivity index (χ2v) is 8.73. The lowest BCUT2D eigenvalue weighted by Gasteiger charge is -2.20. The van der Waals surface area contributed by atoms with Crippen molar-refractivity contribution in [3.05, 3.63) is 94.5 Å². The molecule has 0 bridgehead atoms. The van der Waals surface area contributed by atoms with Gasteiger partial charge in [-0.15, -0.1) is 0 Å². The van der Waals surface area contributed by atoms with Crippen molar-refractivity contribution in [2.75, 3.05) is 6.61 Å². The number of hydrazone groups is 1. The van der Waals surface area contributed by atoms with Crippen LogP contribution in [0.15, 0.2) is 77.9 Å². The summed E-state index contributed by atoms with van der Waals surface area (Å²) in [6, 6.07) is 21.2. The van der Waals surface area contributed by atoms with Crippen molar-refractivity contribution in [1.82, 2.24) is 10.7 Å². The third-order valence-corrected chi connectivity index (χ3v) is 5.58. The summed E-state index contributed by atoms with van der Waals surface area (Å²) in [7, 11) is 0. The number of hydrogen-bond acceptors (Lipinski definition) is 5. The summed E-state index contributed by atoms with van der Waals surface area (Å²) in [5, 5.41) is 7.12. The first-order valence-corrected chi connectivity index (χ1v) is 12.1. The lowest BCUT2D eigenvalue weighted by Crippen LogP contribution is -2.48. The van der Waals surface area contributed by atoms with E-state index < -0.39 is 17.9 Å². The Kier molecular flexibility index (Phi) is 9.89. The molecule has 0 saturated carbocycles. The molecule has 3 aromatic rings. The summed E-state index contributed by atoms with van der Waals surface area (Å²) >= 11 is 6.11. The van der Waals surface area contributed by atoms with Crippen LogP contribution in [0.1, 0.15) is 42.3 Å². The Labute approximate surface area is 216 Å². The van der Waals surface area contributed by atoms with E-state index in [1.165, 1.54) is 6.21 Å². The highest BCUT2D eigenvalue weighted by Gasteiger charge is 2.25. The number of halogens is 1. The first-order valence-electron chi connectivity index (χ1n) is 11.7. The molecule has 0 aliphatic carbocycles. The summed E-state index contributed by atoms with van der Waals surface area (Å²) in [5.74, 6) is 0.164. The van der Waals surface area contributed by atoms with Gasteiger partial charge in [0.15, 0.2) is 11.5 Å². The van der Waals surface area contributed by atoms with E-state index in [0.29, 0.717) is 40.9 Å². The van der Waals surface area contributed by atoms with Crippen molar-refractivity contribution in [1.29, 1.82) is 0 Å². The zero-order valence-corrected chi connectivity index (χ0v) is 21.3. The van der Waals surface area contributed by atoms with E-state index >= 15 is 0 Å². The molecule has 0 aromatic heterocycles. The lowest BCUT2D eigenvalue weighted by atomic mass is 10.0. The van der Waals surface area contributed by atoms with Crippen molar-refractivity contribution in [2.24, 2.45) is 11.0 Å². The predicted octanol–water partition coefficient (Wildman–Crippen LogP) is 5.22. The Morgan fingerprint density at radius 3 is 2.39 bits per heavy atom. The third-order valence-electron chi connectivity index (χ3n) is 5.25. The zero-order valence-electron chi connectivity index (χ0n) is 20.5. The summed E-state index contributed by atoms with van der Waals surface area (Å²) in [6.45, 7) is 6.46. The largest absolute Gasteiger partial charge is 0.490 e. The molecule has 0 spiro atoms. The van der Waals surface area contributed by atoms with Crippen molar-refractivity contribution in [3.63, 3.8) is 0 Å². The van der Waals surface area contributed by atoms with Crippen LogP contribution >= 0.6 is 11.6 Å². The van der Waals surface area contributed by atoms with Gasteiger partial charge in [0.2, 0.25) is 0 Å². The molecular weight excluding hydrogens is 478 g/mol. The molecule has 188 valence electrons. The second kappa shape index (κ2) is 13.3. The molecular formula is C28H30ClN3O4. The zero-order chi connectivity index (χ0) is 25.9. The quantitative estimate of drug-likeness (QED) is 0.275. The van der Waals surface area contributed by atoms with E-state index in [0.717, 1.165) is 5.56 Å². The van der Waals surface area contributed by atoms with Crippen LogP contribution in [0.2, 0.25) is 5.02 Å². The summed E-state index contributed by atoms with van der Waals surface area (Å²) < 4.78 is 11.7. The van der Waals surface area contributed by atoms with Crippen molar-refractivity contribution >= 4 is 29.6 Å². The van der Waals surface area contributed by atoms with Gasteiger partial charge in [-0.2, -0.15) is 5.10 Å². The number of amides is 2. The minimum Gasteiger partial charge on any atom is -0.490 e. The molecule has 0 heterocycles. The van der Waals surface area contributed by atoms with Gasteiger partial charge in [-0.05, 0) is 54.3 Å². The predicted molar refractivity (Wildman–Crippen MR) is 142 cm³/mol. The minimum absolute atomic E-state index is 0.169. The topological polar surface area (TPSA) is 89.0 Å². The van der Waals surface area contributed by atoms with Crippen LogP contribution in [0, 0.1) is 5.92 Å². The van der Waals surface area contributed by atoms with Crippen LogP contribution in [0.5, 0.6) is 11.5 Å². The maximum absolute atomic E-state index is 12.8. The third kappa shape index (κ3) is 7.58. The van der Waals surface area contributed by atoms with Crippen LogP contribution in [0.3, 0.4) is 0 Å². The molecule has 2 N–H and O–H groups in total. The number of hydrogen-bond donors (Lipinski definition) is 2. The van der Waals surface area contributed by atoms with Gasteiger partial charge in [0.1, 0.15) is 12.6 Å². The normalized spacial score (nSPS) is 11.8. The smallest absolute Gasteiger partial charge is 0.262 e. The van der Waals surface area contributed by atoms with Crippen LogP contribution in [0.4, 0.5) is 0 Å². The van der Waals surface area contributed by atoms with Crippen LogP contribution in [-0.4, -0.2) is 30.7 Å². The van der Waals surface area contributed by atoms with Gasteiger partial charge in [-0.1, -0.05) is 67.9 Å². The Balaban J connectivity index is 1.64. The molecule has 0 aliphatic rings. The molecule has 2 amide bonds. The Bertz CT molecular complexity index is 1200. The highest BCUT2D eigenvalue weighted by atomic mass is 35.5. The standard InChI is InChI=1S/C28H30ClN3O4/c1-4-35-25-16-21(14-15-24(25)36-18-20-10-6-5-7-11-20)17-30-32-28(34)26(19(2)3)31-27(33)22-12-8-9-13-23(22)29/h5-17,19,26H,4,18H2,1-3H3,(H,31,33)(H,32,34). The lowest BCUT2D eigenvalue weighted by molar-refractivity contribution is -0.123. The molecule has 0 radical (unpaired) electrons. The van der Waals surface area contributed by atoms with Crippen LogP contribution in [0.25, 0.3) is 0 Å². The fraction of sp³-hybridized carbons (Fsp3) is 0.250. The maximum Gasteiger partial charge on any atom is 0.262 e. The monoisotopic (exact) mass is 507 g/mol. The first-order chi connectivity index (χ1) is 17.4. The minimum atomic E-state index is -0.793. The fourth-order valence-corrected chi connectivity index (χ4v) is 3.59. The summed E-state index contributed by atoms with van der Waals surface area (Å²) in [5.41, 5.74) is 4.58. The van der Waals surface area contributed by atoms with Crippen LogP contribution in [-0.2, 0) is 11.4 Å². The molecule has 3 aromatic carbocycles. The fourth-order valence-electron chi connectivity index (χ4n) is 3.37. The number of nitrogens with zero attached hydrogens (tertiary/aromatic N) is 1. The van der Waals surface area contributed by atoms with E-state index in [2.05, 4.69) is 15.8 Å². The van der Waals surface area contributed by atoms with E-state index in [9.17, 15) is 9.59 Å². The van der Waals surface area contributed by atoms with E-state index in [-0.39, 0.29) is 5.92 Å². The van der Waals surface area contributed by atoms with Gasteiger partial charge in [-0.3, -0.25) is 9.59 Å². The molecule has 1 atom stereocenters. The molecule has 0 saturated heterocycles. The summed E-state index contributed by atoms with van der Waals surface area (Å²) in [4.78, 5) is 25.4. The number of ether oxygens (including phenoxy) is 2. The summed E-state index contributed by atoms with van der Waals surface area (Å²) in [6.07, 6.45) is 1.51. The number of nitrogens with one attached hydrogen (secondary N) is 2. The number of benzene rings is 3. The second-order valence-electron chi connectivity index (χ2n) is 8.32. The molecule has 0 fully saturated rings. The van der Waals surface area contributed by atoms with Gasteiger partial charge >= 0.3 is 0 Å². The van der Waals surface area contributed by atoms with E-state index in [1.807, 2.05) is 57.2 Å². The van der Waals surface area contributed by atoms with Crippen LogP contribution < -0.4 is 20.2 Å².